The van der Waals surface area contributed by atoms with Gasteiger partial charge >= 0.3 is 0 Å². The maximum atomic E-state index is 9.42. The van der Waals surface area contributed by atoms with Crippen molar-refractivity contribution in [1.29, 1.82) is 0 Å². The number of nitrogens with zero attached hydrogens (tertiary/aromatic N) is 5. The highest BCUT2D eigenvalue weighted by molar-refractivity contribution is 4.83. The van der Waals surface area contributed by atoms with Crippen LogP contribution in [0.2, 0.25) is 0 Å². The van der Waals surface area contributed by atoms with Crippen LogP contribution in [-0.2, 0) is 13.1 Å². The van der Waals surface area contributed by atoms with Crippen molar-refractivity contribution < 1.29 is 5.11 Å². The summed E-state index contributed by atoms with van der Waals surface area (Å²) in [7, 11) is 0. The molecular formula is C10H19N5O. The second kappa shape index (κ2) is 5.36. The highest BCUT2D eigenvalue weighted by Gasteiger charge is 2.18. The van der Waals surface area contributed by atoms with Gasteiger partial charge in [0.1, 0.15) is 0 Å². The van der Waals surface area contributed by atoms with Gasteiger partial charge < -0.3 is 5.11 Å². The minimum atomic E-state index is -0.122. The van der Waals surface area contributed by atoms with Crippen LogP contribution in [0.5, 0.6) is 0 Å². The van der Waals surface area contributed by atoms with Gasteiger partial charge in [-0.3, -0.25) is 4.90 Å². The molecule has 6 heteroatoms. The van der Waals surface area contributed by atoms with E-state index in [1.807, 2.05) is 4.68 Å². The molecule has 16 heavy (non-hydrogen) atoms. The Balaban J connectivity index is 1.90. The van der Waals surface area contributed by atoms with E-state index in [1.165, 1.54) is 0 Å². The lowest BCUT2D eigenvalue weighted by molar-refractivity contribution is 0.0773. The van der Waals surface area contributed by atoms with Crippen molar-refractivity contribution in [2.45, 2.75) is 45.4 Å². The zero-order valence-corrected chi connectivity index (χ0v) is 9.71. The minimum absolute atomic E-state index is 0.122. The highest BCUT2D eigenvalue weighted by Crippen LogP contribution is 2.12. The molecule has 90 valence electrons. The molecular weight excluding hydrogens is 206 g/mol. The van der Waals surface area contributed by atoms with Gasteiger partial charge in [0.15, 0.2) is 5.82 Å². The van der Waals surface area contributed by atoms with Gasteiger partial charge in [-0.05, 0) is 29.7 Å². The molecule has 0 saturated carbocycles. The summed E-state index contributed by atoms with van der Waals surface area (Å²) in [5, 5.41) is 21.1. The summed E-state index contributed by atoms with van der Waals surface area (Å²) in [6, 6.07) is 0. The molecule has 0 spiro atoms. The lowest BCUT2D eigenvalue weighted by Crippen LogP contribution is -2.36. The molecule has 1 saturated heterocycles. The van der Waals surface area contributed by atoms with E-state index >= 15 is 0 Å². The van der Waals surface area contributed by atoms with Gasteiger partial charge in [-0.1, -0.05) is 6.92 Å². The van der Waals surface area contributed by atoms with Gasteiger partial charge in [-0.2, -0.15) is 0 Å². The molecule has 0 aromatic carbocycles. The van der Waals surface area contributed by atoms with Gasteiger partial charge in [-0.15, -0.1) is 5.10 Å². The summed E-state index contributed by atoms with van der Waals surface area (Å²) in [6.45, 7) is 5.64. The van der Waals surface area contributed by atoms with Crippen LogP contribution in [-0.4, -0.2) is 49.4 Å². The van der Waals surface area contributed by atoms with Crippen LogP contribution < -0.4 is 0 Å². The Kier molecular flexibility index (Phi) is 3.84. The molecule has 2 rings (SSSR count). The number of aliphatic hydroxyl groups excluding tert-OH is 1. The molecule has 1 aromatic heterocycles. The first-order valence-corrected chi connectivity index (χ1v) is 5.95. The van der Waals surface area contributed by atoms with E-state index in [0.29, 0.717) is 0 Å². The second-order valence-corrected chi connectivity index (χ2v) is 4.33. The fourth-order valence-corrected chi connectivity index (χ4v) is 2.00. The van der Waals surface area contributed by atoms with Gasteiger partial charge in [0, 0.05) is 19.6 Å². The molecule has 0 bridgehead atoms. The van der Waals surface area contributed by atoms with Crippen molar-refractivity contribution in [3.05, 3.63) is 5.82 Å². The van der Waals surface area contributed by atoms with Crippen molar-refractivity contribution in [2.24, 2.45) is 0 Å². The third-order valence-electron chi connectivity index (χ3n) is 2.96. The number of likely N-dealkylation sites (tertiary alicyclic amines) is 1. The number of piperidine rings is 1. The van der Waals surface area contributed by atoms with E-state index < -0.39 is 0 Å². The minimum Gasteiger partial charge on any atom is -0.393 e. The van der Waals surface area contributed by atoms with Crippen LogP contribution >= 0.6 is 0 Å². The zero-order valence-electron chi connectivity index (χ0n) is 9.71. The summed E-state index contributed by atoms with van der Waals surface area (Å²) in [5.41, 5.74) is 0. The van der Waals surface area contributed by atoms with Crippen molar-refractivity contribution in [3.63, 3.8) is 0 Å². The van der Waals surface area contributed by atoms with Crippen LogP contribution in [0.4, 0.5) is 0 Å². The monoisotopic (exact) mass is 225 g/mol. The Morgan fingerprint density at radius 3 is 2.81 bits per heavy atom. The van der Waals surface area contributed by atoms with Crippen molar-refractivity contribution >= 4 is 0 Å². The first-order valence-electron chi connectivity index (χ1n) is 5.95. The molecule has 1 aliphatic heterocycles. The normalized spacial score (nSPS) is 19.1. The summed E-state index contributed by atoms with van der Waals surface area (Å²) in [4.78, 5) is 2.30. The summed E-state index contributed by atoms with van der Waals surface area (Å²) < 4.78 is 1.87. The van der Waals surface area contributed by atoms with Crippen LogP contribution in [0, 0.1) is 0 Å². The quantitative estimate of drug-likeness (QED) is 0.783. The van der Waals surface area contributed by atoms with Crippen molar-refractivity contribution in [3.8, 4) is 0 Å². The van der Waals surface area contributed by atoms with Gasteiger partial charge in [0.2, 0.25) is 0 Å². The first kappa shape index (κ1) is 11.5. The summed E-state index contributed by atoms with van der Waals surface area (Å²) in [6.07, 6.45) is 2.63. The summed E-state index contributed by atoms with van der Waals surface area (Å²) >= 11 is 0. The first-order chi connectivity index (χ1) is 7.79. The van der Waals surface area contributed by atoms with Crippen molar-refractivity contribution in [2.75, 3.05) is 13.1 Å². The van der Waals surface area contributed by atoms with Crippen LogP contribution in [0.1, 0.15) is 32.0 Å². The van der Waals surface area contributed by atoms with Gasteiger partial charge in [-0.25, -0.2) is 4.68 Å². The van der Waals surface area contributed by atoms with E-state index in [1.54, 1.807) is 0 Å². The topological polar surface area (TPSA) is 67.1 Å². The molecule has 0 unspecified atom stereocenters. The number of tetrazole rings is 1. The highest BCUT2D eigenvalue weighted by atomic mass is 16.3. The predicted octanol–water partition coefficient (Wildman–Crippen LogP) is 0.0398. The second-order valence-electron chi connectivity index (χ2n) is 4.33. The molecule has 2 heterocycles. The average Bonchev–Trinajstić information content (AvgIpc) is 2.70. The van der Waals surface area contributed by atoms with E-state index in [9.17, 15) is 5.11 Å². The predicted molar refractivity (Wildman–Crippen MR) is 58.6 cm³/mol. The molecule has 0 atom stereocenters. The number of aliphatic hydroxyl groups is 1. The Hall–Kier alpha value is -1.01. The molecule has 6 nitrogen and oxygen atoms in total. The van der Waals surface area contributed by atoms with E-state index in [2.05, 4.69) is 27.3 Å². The van der Waals surface area contributed by atoms with Gasteiger partial charge in [0.05, 0.1) is 12.6 Å². The van der Waals surface area contributed by atoms with E-state index in [-0.39, 0.29) is 6.10 Å². The molecule has 0 aliphatic carbocycles. The molecule has 1 aromatic rings. The number of hydrogen-bond donors (Lipinski definition) is 1. The number of hydrogen-bond acceptors (Lipinski definition) is 5. The lowest BCUT2D eigenvalue weighted by atomic mass is 10.1. The van der Waals surface area contributed by atoms with Crippen LogP contribution in [0.3, 0.4) is 0 Å². The third-order valence-corrected chi connectivity index (χ3v) is 2.96. The zero-order chi connectivity index (χ0) is 11.4. The number of rotatable bonds is 4. The van der Waals surface area contributed by atoms with E-state index in [0.717, 1.165) is 51.3 Å². The maximum absolute atomic E-state index is 9.42. The lowest BCUT2D eigenvalue weighted by Gasteiger charge is -2.28. The van der Waals surface area contributed by atoms with Crippen LogP contribution in [0.15, 0.2) is 0 Å². The standard InChI is InChI=1S/C10H19N5O/c1-2-5-15-10(11-12-13-15)8-14-6-3-9(16)4-7-14/h9,16H,2-8H2,1H3. The number of aryl methyl sites for hydroxylation is 1. The van der Waals surface area contributed by atoms with Crippen molar-refractivity contribution in [1.82, 2.24) is 25.1 Å². The Morgan fingerprint density at radius 2 is 2.12 bits per heavy atom. The maximum Gasteiger partial charge on any atom is 0.165 e. The van der Waals surface area contributed by atoms with Crippen LogP contribution in [0.25, 0.3) is 0 Å². The number of aromatic nitrogens is 4. The molecule has 1 N–H and O–H groups in total. The Bertz CT molecular complexity index is 319. The Labute approximate surface area is 95.2 Å². The molecule has 0 amide bonds. The largest absolute Gasteiger partial charge is 0.393 e. The summed E-state index contributed by atoms with van der Waals surface area (Å²) in [5.74, 6) is 0.929. The SMILES string of the molecule is CCCn1nnnc1CN1CCC(O)CC1. The fraction of sp³-hybridized carbons (Fsp3) is 0.900. The fourth-order valence-electron chi connectivity index (χ4n) is 2.00. The smallest absolute Gasteiger partial charge is 0.165 e. The Morgan fingerprint density at radius 1 is 1.38 bits per heavy atom. The molecule has 1 aliphatic rings. The third kappa shape index (κ3) is 2.76. The molecule has 1 fully saturated rings. The van der Waals surface area contributed by atoms with E-state index in [4.69, 9.17) is 0 Å². The average molecular weight is 225 g/mol. The van der Waals surface area contributed by atoms with Gasteiger partial charge in [0.25, 0.3) is 0 Å². The molecule has 0 radical (unpaired) electrons.